The number of benzene rings is 1. The van der Waals surface area contributed by atoms with Crippen molar-refractivity contribution >= 4 is 0 Å². The summed E-state index contributed by atoms with van der Waals surface area (Å²) in [6, 6.07) is 2.52. The number of hydrogen-bond acceptors (Lipinski definition) is 6. The Morgan fingerprint density at radius 1 is 1.22 bits per heavy atom. The van der Waals surface area contributed by atoms with Gasteiger partial charge in [-0.2, -0.15) is 0 Å². The van der Waals surface area contributed by atoms with Crippen LogP contribution >= 0.6 is 0 Å². The molecule has 0 radical (unpaired) electrons. The van der Waals surface area contributed by atoms with E-state index in [0.29, 0.717) is 6.07 Å². The van der Waals surface area contributed by atoms with Gasteiger partial charge in [0.1, 0.15) is 29.6 Å². The van der Waals surface area contributed by atoms with Gasteiger partial charge in [0.2, 0.25) is 6.29 Å². The number of rotatable bonds is 3. The van der Waals surface area contributed by atoms with Crippen LogP contribution in [-0.4, -0.2) is 46.9 Å². The van der Waals surface area contributed by atoms with Crippen LogP contribution < -0.4 is 4.74 Å². The van der Waals surface area contributed by atoms with Gasteiger partial charge in [0.15, 0.2) is 12.1 Å². The molecule has 0 aliphatic carbocycles. The van der Waals surface area contributed by atoms with Crippen molar-refractivity contribution in [2.24, 2.45) is 0 Å². The summed E-state index contributed by atoms with van der Waals surface area (Å²) in [6.45, 7) is 3.41. The van der Waals surface area contributed by atoms with Gasteiger partial charge in [-0.1, -0.05) is 0 Å². The summed E-state index contributed by atoms with van der Waals surface area (Å²) in [5.41, 5.74) is 0. The molecule has 0 saturated carbocycles. The van der Waals surface area contributed by atoms with Crippen LogP contribution in [0.4, 0.5) is 8.78 Å². The van der Waals surface area contributed by atoms with E-state index in [1.54, 1.807) is 13.8 Å². The lowest BCUT2D eigenvalue weighted by Crippen LogP contribution is -2.52. The third-order valence-corrected chi connectivity index (χ3v) is 3.66. The fraction of sp³-hybridized carbons (Fsp3) is 0.600. The molecule has 5 atom stereocenters. The van der Waals surface area contributed by atoms with Crippen molar-refractivity contribution in [3.8, 4) is 5.75 Å². The van der Waals surface area contributed by atoms with E-state index in [1.165, 1.54) is 0 Å². The molecule has 2 aliphatic rings. The first kappa shape index (κ1) is 16.5. The van der Waals surface area contributed by atoms with Gasteiger partial charge < -0.3 is 29.2 Å². The van der Waals surface area contributed by atoms with E-state index in [-0.39, 0.29) is 12.2 Å². The van der Waals surface area contributed by atoms with E-state index in [2.05, 4.69) is 0 Å². The standard InChI is InChI=1S/C15H18F2O6/c1-15(2)22-11-6-10(18)12(21-14(11)23-15)13(19)20-9-4-7(16)3-8(17)5-9/h3-5,10-14,18-19H,6H2,1-2H3/t10-,11+,12-,13?,14+/m0/s1. The van der Waals surface area contributed by atoms with E-state index in [4.69, 9.17) is 18.9 Å². The van der Waals surface area contributed by atoms with Crippen LogP contribution in [0.2, 0.25) is 0 Å². The monoisotopic (exact) mass is 332 g/mol. The molecule has 6 nitrogen and oxygen atoms in total. The Morgan fingerprint density at radius 3 is 2.52 bits per heavy atom. The second-order valence-electron chi connectivity index (χ2n) is 6.06. The molecule has 2 aliphatic heterocycles. The summed E-state index contributed by atoms with van der Waals surface area (Å²) in [6.07, 6.45) is -4.89. The average molecular weight is 332 g/mol. The summed E-state index contributed by atoms with van der Waals surface area (Å²) in [4.78, 5) is 0. The zero-order chi connectivity index (χ0) is 16.8. The molecule has 1 aromatic carbocycles. The van der Waals surface area contributed by atoms with E-state index in [1.807, 2.05) is 0 Å². The topological polar surface area (TPSA) is 77.4 Å². The molecule has 23 heavy (non-hydrogen) atoms. The molecule has 0 aromatic heterocycles. The van der Waals surface area contributed by atoms with Crippen LogP contribution in [0.25, 0.3) is 0 Å². The molecule has 2 N–H and O–H groups in total. The molecule has 0 bridgehead atoms. The van der Waals surface area contributed by atoms with Crippen molar-refractivity contribution in [2.45, 2.75) is 56.9 Å². The normalized spacial score (nSPS) is 34.0. The largest absolute Gasteiger partial charge is 0.462 e. The fourth-order valence-electron chi connectivity index (χ4n) is 2.76. The Kier molecular flexibility index (Phi) is 4.28. The maximum Gasteiger partial charge on any atom is 0.226 e. The second kappa shape index (κ2) is 5.95. The highest BCUT2D eigenvalue weighted by atomic mass is 19.1. The predicted octanol–water partition coefficient (Wildman–Crippen LogP) is 1.29. The molecule has 0 spiro atoms. The van der Waals surface area contributed by atoms with Crippen LogP contribution in [0.5, 0.6) is 5.75 Å². The Hall–Kier alpha value is -1.32. The van der Waals surface area contributed by atoms with Crippen LogP contribution in [0.3, 0.4) is 0 Å². The first-order valence-corrected chi connectivity index (χ1v) is 7.23. The quantitative estimate of drug-likeness (QED) is 0.812. The highest BCUT2D eigenvalue weighted by Gasteiger charge is 2.50. The number of aliphatic hydroxyl groups excluding tert-OH is 2. The van der Waals surface area contributed by atoms with Crippen molar-refractivity contribution < 1.29 is 37.9 Å². The minimum absolute atomic E-state index is 0.177. The lowest BCUT2D eigenvalue weighted by atomic mass is 10.0. The molecule has 3 rings (SSSR count). The zero-order valence-electron chi connectivity index (χ0n) is 12.6. The van der Waals surface area contributed by atoms with E-state index in [9.17, 15) is 19.0 Å². The highest BCUT2D eigenvalue weighted by molar-refractivity contribution is 5.24. The number of aliphatic hydroxyl groups is 2. The SMILES string of the molecule is CC1(C)O[C@H]2O[C@H](C(O)Oc3cc(F)cc(F)c3)[C@@H](O)C[C@H]2O1. The molecule has 1 aromatic rings. The lowest BCUT2D eigenvalue weighted by molar-refractivity contribution is -0.269. The van der Waals surface area contributed by atoms with Gasteiger partial charge in [-0.25, -0.2) is 8.78 Å². The molecular weight excluding hydrogens is 314 g/mol. The van der Waals surface area contributed by atoms with E-state index < -0.39 is 48.3 Å². The predicted molar refractivity (Wildman–Crippen MR) is 72.3 cm³/mol. The fourth-order valence-corrected chi connectivity index (χ4v) is 2.76. The van der Waals surface area contributed by atoms with Crippen LogP contribution in [0.1, 0.15) is 20.3 Å². The lowest BCUT2D eigenvalue weighted by Gasteiger charge is -2.36. The van der Waals surface area contributed by atoms with Crippen LogP contribution in [-0.2, 0) is 14.2 Å². The average Bonchev–Trinajstić information content (AvgIpc) is 2.69. The summed E-state index contributed by atoms with van der Waals surface area (Å²) in [5, 5.41) is 20.2. The molecule has 0 amide bonds. The number of halogens is 2. The third-order valence-electron chi connectivity index (χ3n) is 3.66. The van der Waals surface area contributed by atoms with E-state index in [0.717, 1.165) is 12.1 Å². The Morgan fingerprint density at radius 2 is 1.87 bits per heavy atom. The summed E-state index contributed by atoms with van der Waals surface area (Å²) < 4.78 is 48.0. The minimum Gasteiger partial charge on any atom is -0.462 e. The van der Waals surface area contributed by atoms with Gasteiger partial charge in [0, 0.05) is 24.6 Å². The molecular formula is C15H18F2O6. The van der Waals surface area contributed by atoms with Crippen molar-refractivity contribution in [1.82, 2.24) is 0 Å². The summed E-state index contributed by atoms with van der Waals surface area (Å²) in [7, 11) is 0. The first-order chi connectivity index (χ1) is 10.7. The molecule has 2 heterocycles. The van der Waals surface area contributed by atoms with Crippen molar-refractivity contribution in [1.29, 1.82) is 0 Å². The van der Waals surface area contributed by atoms with Crippen LogP contribution in [0, 0.1) is 11.6 Å². The summed E-state index contributed by atoms with van der Waals surface area (Å²) >= 11 is 0. The van der Waals surface area contributed by atoms with Gasteiger partial charge in [-0.05, 0) is 13.8 Å². The number of hydrogen-bond donors (Lipinski definition) is 2. The van der Waals surface area contributed by atoms with Gasteiger partial charge in [0.05, 0.1) is 6.10 Å². The zero-order valence-corrected chi connectivity index (χ0v) is 12.6. The molecule has 128 valence electrons. The van der Waals surface area contributed by atoms with E-state index >= 15 is 0 Å². The molecule has 2 fully saturated rings. The third kappa shape index (κ3) is 3.61. The van der Waals surface area contributed by atoms with Gasteiger partial charge in [-0.3, -0.25) is 0 Å². The Balaban J connectivity index is 1.68. The van der Waals surface area contributed by atoms with Crippen molar-refractivity contribution in [3.05, 3.63) is 29.8 Å². The van der Waals surface area contributed by atoms with Crippen LogP contribution in [0.15, 0.2) is 18.2 Å². The first-order valence-electron chi connectivity index (χ1n) is 7.23. The van der Waals surface area contributed by atoms with Crippen molar-refractivity contribution in [3.63, 3.8) is 0 Å². The van der Waals surface area contributed by atoms with Crippen molar-refractivity contribution in [2.75, 3.05) is 0 Å². The Bertz CT molecular complexity index is 561. The minimum atomic E-state index is -1.63. The van der Waals surface area contributed by atoms with Gasteiger partial charge in [0.25, 0.3) is 0 Å². The molecule has 1 unspecified atom stereocenters. The van der Waals surface area contributed by atoms with Gasteiger partial charge in [-0.15, -0.1) is 0 Å². The number of ether oxygens (including phenoxy) is 4. The second-order valence-corrected chi connectivity index (χ2v) is 6.06. The summed E-state index contributed by atoms with van der Waals surface area (Å²) in [5.74, 6) is -2.75. The number of fused-ring (bicyclic) bond motifs is 1. The smallest absolute Gasteiger partial charge is 0.226 e. The van der Waals surface area contributed by atoms with Gasteiger partial charge >= 0.3 is 0 Å². The molecule has 8 heteroatoms. The Labute approximate surface area is 131 Å². The maximum atomic E-state index is 13.1. The highest BCUT2D eigenvalue weighted by Crippen LogP contribution is 2.36. The maximum absolute atomic E-state index is 13.1. The molecule has 2 saturated heterocycles.